The number of amides is 1. The second-order valence-corrected chi connectivity index (χ2v) is 8.01. The number of halogens is 2. The Balaban J connectivity index is 1.50. The highest BCUT2D eigenvalue weighted by Crippen LogP contribution is 2.37. The molecule has 2 aromatic rings. The third kappa shape index (κ3) is 2.78. The average Bonchev–Trinajstić information content (AvgIpc) is 2.98. The highest BCUT2D eigenvalue weighted by atomic mass is 19.1. The van der Waals surface area contributed by atoms with Crippen LogP contribution >= 0.6 is 0 Å². The SMILES string of the molecule is CN1C(=O)c2ccc(-c3ccc(F)cc3F)cc2O[C@H]2CN(C3CCC3)C[C@H]21. The number of nitrogens with zero attached hydrogens (tertiary/aromatic N) is 2. The molecule has 1 aliphatic carbocycles. The topological polar surface area (TPSA) is 32.8 Å². The molecule has 2 aliphatic heterocycles. The molecule has 5 rings (SSSR count). The molecule has 2 atom stereocenters. The van der Waals surface area contributed by atoms with E-state index in [1.807, 2.05) is 7.05 Å². The van der Waals surface area contributed by atoms with Crippen molar-refractivity contribution in [1.29, 1.82) is 0 Å². The summed E-state index contributed by atoms with van der Waals surface area (Å²) >= 11 is 0. The van der Waals surface area contributed by atoms with Crippen LogP contribution in [0.1, 0.15) is 29.6 Å². The number of fused-ring (bicyclic) bond motifs is 2. The first-order valence-electron chi connectivity index (χ1n) is 9.78. The van der Waals surface area contributed by atoms with Gasteiger partial charge in [0.25, 0.3) is 5.91 Å². The predicted molar refractivity (Wildman–Crippen MR) is 101 cm³/mol. The van der Waals surface area contributed by atoms with Crippen LogP contribution < -0.4 is 4.74 Å². The molecule has 0 bridgehead atoms. The molecule has 0 N–H and O–H groups in total. The zero-order valence-electron chi connectivity index (χ0n) is 15.7. The van der Waals surface area contributed by atoms with Gasteiger partial charge < -0.3 is 9.64 Å². The number of likely N-dealkylation sites (tertiary alicyclic amines) is 1. The summed E-state index contributed by atoms with van der Waals surface area (Å²) in [6.45, 7) is 1.62. The molecule has 1 amide bonds. The van der Waals surface area contributed by atoms with Crippen molar-refractivity contribution in [2.45, 2.75) is 37.5 Å². The summed E-state index contributed by atoms with van der Waals surface area (Å²) in [5.74, 6) is -0.856. The number of benzene rings is 2. The van der Waals surface area contributed by atoms with Crippen molar-refractivity contribution in [3.05, 3.63) is 53.6 Å². The third-order valence-corrected chi connectivity index (χ3v) is 6.41. The van der Waals surface area contributed by atoms with E-state index in [9.17, 15) is 13.6 Å². The maximum absolute atomic E-state index is 14.2. The average molecular weight is 384 g/mol. The van der Waals surface area contributed by atoms with Gasteiger partial charge in [-0.05, 0) is 42.7 Å². The summed E-state index contributed by atoms with van der Waals surface area (Å²) in [4.78, 5) is 17.2. The summed E-state index contributed by atoms with van der Waals surface area (Å²) in [5, 5.41) is 0. The Morgan fingerprint density at radius 1 is 1.04 bits per heavy atom. The molecule has 2 fully saturated rings. The lowest BCUT2D eigenvalue weighted by molar-refractivity contribution is 0.0679. The first-order chi connectivity index (χ1) is 13.5. The molecule has 28 heavy (non-hydrogen) atoms. The number of likely N-dealkylation sites (N-methyl/N-ethyl adjacent to an activating group) is 1. The summed E-state index contributed by atoms with van der Waals surface area (Å²) < 4.78 is 33.8. The number of carbonyl (C=O) groups excluding carboxylic acids is 1. The molecule has 1 saturated carbocycles. The van der Waals surface area contributed by atoms with E-state index in [1.165, 1.54) is 31.4 Å². The highest BCUT2D eigenvalue weighted by Gasteiger charge is 2.44. The maximum Gasteiger partial charge on any atom is 0.257 e. The van der Waals surface area contributed by atoms with E-state index in [4.69, 9.17) is 4.74 Å². The molecule has 0 radical (unpaired) electrons. The van der Waals surface area contributed by atoms with Crippen molar-refractivity contribution in [3.63, 3.8) is 0 Å². The minimum absolute atomic E-state index is 0.00603. The number of rotatable bonds is 2. The fourth-order valence-corrected chi connectivity index (χ4v) is 4.51. The lowest BCUT2D eigenvalue weighted by Gasteiger charge is -2.35. The minimum atomic E-state index is -0.632. The Labute approximate surface area is 162 Å². The van der Waals surface area contributed by atoms with Gasteiger partial charge in [-0.25, -0.2) is 8.78 Å². The lowest BCUT2D eigenvalue weighted by atomic mass is 9.92. The van der Waals surface area contributed by atoms with Crippen LogP contribution in [0.3, 0.4) is 0 Å². The van der Waals surface area contributed by atoms with Crippen LogP contribution in [0, 0.1) is 11.6 Å². The first-order valence-corrected chi connectivity index (χ1v) is 9.78. The van der Waals surface area contributed by atoms with Crippen LogP contribution in [0.15, 0.2) is 36.4 Å². The number of ether oxygens (including phenoxy) is 1. The Hall–Kier alpha value is -2.47. The molecule has 2 aromatic carbocycles. The Morgan fingerprint density at radius 3 is 2.54 bits per heavy atom. The minimum Gasteiger partial charge on any atom is -0.486 e. The van der Waals surface area contributed by atoms with E-state index in [1.54, 1.807) is 23.1 Å². The molecule has 146 valence electrons. The summed E-state index contributed by atoms with van der Waals surface area (Å²) in [6, 6.07) is 9.17. The maximum atomic E-state index is 14.2. The zero-order chi connectivity index (χ0) is 19.4. The standard InChI is InChI=1S/C22H22F2N2O2/c1-25-19-11-26(15-3-2-4-15)12-21(19)28-20-9-13(5-7-17(20)22(25)27)16-8-6-14(23)10-18(16)24/h5-10,15,19,21H,2-4,11-12H2,1H3/t19-,21+/m1/s1. The van der Waals surface area contributed by atoms with Gasteiger partial charge in [-0.15, -0.1) is 0 Å². The fourth-order valence-electron chi connectivity index (χ4n) is 4.51. The van der Waals surface area contributed by atoms with Gasteiger partial charge >= 0.3 is 0 Å². The Bertz CT molecular complexity index is 944. The quantitative estimate of drug-likeness (QED) is 0.792. The van der Waals surface area contributed by atoms with Crippen LogP contribution in [0.25, 0.3) is 11.1 Å². The molecule has 4 nitrogen and oxygen atoms in total. The molecule has 1 saturated heterocycles. The van der Waals surface area contributed by atoms with Crippen molar-refractivity contribution in [2.24, 2.45) is 0 Å². The van der Waals surface area contributed by atoms with Crippen LogP contribution in [0.5, 0.6) is 5.75 Å². The van der Waals surface area contributed by atoms with Gasteiger partial charge in [0.2, 0.25) is 0 Å². The second kappa shape index (κ2) is 6.55. The van der Waals surface area contributed by atoms with E-state index in [2.05, 4.69) is 4.90 Å². The van der Waals surface area contributed by atoms with Gasteiger partial charge in [-0.2, -0.15) is 0 Å². The van der Waals surface area contributed by atoms with Gasteiger partial charge in [-0.3, -0.25) is 9.69 Å². The number of carbonyl (C=O) groups is 1. The van der Waals surface area contributed by atoms with Gasteiger partial charge in [0.1, 0.15) is 23.5 Å². The highest BCUT2D eigenvalue weighted by molar-refractivity contribution is 5.98. The monoisotopic (exact) mass is 384 g/mol. The third-order valence-electron chi connectivity index (χ3n) is 6.41. The van der Waals surface area contributed by atoms with E-state index >= 15 is 0 Å². The van der Waals surface area contributed by atoms with E-state index in [-0.39, 0.29) is 23.6 Å². The normalized spacial score (nSPS) is 25.0. The smallest absolute Gasteiger partial charge is 0.257 e. The van der Waals surface area contributed by atoms with Gasteiger partial charge in [0, 0.05) is 37.8 Å². The van der Waals surface area contributed by atoms with Crippen molar-refractivity contribution >= 4 is 5.91 Å². The van der Waals surface area contributed by atoms with Crippen molar-refractivity contribution in [2.75, 3.05) is 20.1 Å². The van der Waals surface area contributed by atoms with E-state index in [0.29, 0.717) is 22.9 Å². The van der Waals surface area contributed by atoms with E-state index in [0.717, 1.165) is 19.2 Å². The van der Waals surface area contributed by atoms with Crippen LogP contribution in [0.4, 0.5) is 8.78 Å². The van der Waals surface area contributed by atoms with Gasteiger partial charge in [0.05, 0.1) is 11.6 Å². The summed E-state index contributed by atoms with van der Waals surface area (Å²) in [5.41, 5.74) is 1.34. The largest absolute Gasteiger partial charge is 0.486 e. The molecule has 0 aromatic heterocycles. The molecule has 6 heteroatoms. The summed E-state index contributed by atoms with van der Waals surface area (Å²) in [6.07, 6.45) is 3.58. The summed E-state index contributed by atoms with van der Waals surface area (Å²) in [7, 11) is 1.83. The van der Waals surface area contributed by atoms with Crippen LogP contribution in [-0.2, 0) is 0 Å². The molecular formula is C22H22F2N2O2. The molecule has 2 heterocycles. The lowest BCUT2D eigenvalue weighted by Crippen LogP contribution is -2.44. The number of hydrogen-bond donors (Lipinski definition) is 0. The molecule has 3 aliphatic rings. The van der Waals surface area contributed by atoms with Crippen LogP contribution in [0.2, 0.25) is 0 Å². The molecule has 0 unspecified atom stereocenters. The predicted octanol–water partition coefficient (Wildman–Crippen LogP) is 3.70. The zero-order valence-corrected chi connectivity index (χ0v) is 15.7. The second-order valence-electron chi connectivity index (χ2n) is 8.01. The fraction of sp³-hybridized carbons (Fsp3) is 0.409. The first kappa shape index (κ1) is 17.6. The van der Waals surface area contributed by atoms with Crippen molar-refractivity contribution in [3.8, 4) is 16.9 Å². The van der Waals surface area contributed by atoms with Crippen molar-refractivity contribution in [1.82, 2.24) is 9.80 Å². The number of hydrogen-bond acceptors (Lipinski definition) is 3. The van der Waals surface area contributed by atoms with Gasteiger partial charge in [-0.1, -0.05) is 12.5 Å². The van der Waals surface area contributed by atoms with Crippen molar-refractivity contribution < 1.29 is 18.3 Å². The van der Waals surface area contributed by atoms with E-state index < -0.39 is 11.6 Å². The Kier molecular flexibility index (Phi) is 4.12. The van der Waals surface area contributed by atoms with Gasteiger partial charge in [0.15, 0.2) is 0 Å². The van der Waals surface area contributed by atoms with Crippen LogP contribution in [-0.4, -0.2) is 54.0 Å². The Morgan fingerprint density at radius 2 is 1.82 bits per heavy atom. The molecule has 0 spiro atoms. The molecular weight excluding hydrogens is 362 g/mol.